The van der Waals surface area contributed by atoms with Crippen LogP contribution in [0.3, 0.4) is 0 Å². The second-order valence-electron chi connectivity index (χ2n) is 6.44. The molecule has 2 aromatic carbocycles. The van der Waals surface area contributed by atoms with Crippen molar-refractivity contribution < 1.29 is 0 Å². The van der Waals surface area contributed by atoms with Crippen molar-refractivity contribution in [2.24, 2.45) is 0 Å². The molecule has 2 aromatic heterocycles. The van der Waals surface area contributed by atoms with E-state index >= 15 is 0 Å². The molecule has 0 amide bonds. The van der Waals surface area contributed by atoms with Crippen LogP contribution < -0.4 is 5.32 Å². The summed E-state index contributed by atoms with van der Waals surface area (Å²) < 4.78 is 1.92. The number of aryl methyl sites for hydroxylation is 2. The fraction of sp³-hybridized carbons (Fsp3) is 0.182. The Morgan fingerprint density at radius 1 is 0.962 bits per heavy atom. The van der Waals surface area contributed by atoms with E-state index in [9.17, 15) is 0 Å². The molecule has 0 saturated carbocycles. The number of hydrogen-bond donors (Lipinski definition) is 1. The monoisotopic (exact) mass is 342 g/mol. The molecule has 0 aliphatic carbocycles. The fourth-order valence-electron chi connectivity index (χ4n) is 3.26. The molecule has 0 bridgehead atoms. The first kappa shape index (κ1) is 16.3. The minimum Gasteiger partial charge on any atom is -0.340 e. The van der Waals surface area contributed by atoms with E-state index in [1.165, 1.54) is 0 Å². The Hall–Kier alpha value is -3.14. The van der Waals surface area contributed by atoms with Gasteiger partial charge in [-0.2, -0.15) is 9.61 Å². The molecule has 26 heavy (non-hydrogen) atoms. The SMILES string of the molecule is CCCc1cc(Nc2ccccc2)n2nc(C)c(-c3ccccc3)c2n1. The summed E-state index contributed by atoms with van der Waals surface area (Å²) in [4.78, 5) is 4.92. The first-order chi connectivity index (χ1) is 12.8. The van der Waals surface area contributed by atoms with Gasteiger partial charge in [0, 0.05) is 23.0 Å². The molecule has 0 atom stereocenters. The van der Waals surface area contributed by atoms with Gasteiger partial charge in [0.1, 0.15) is 5.82 Å². The van der Waals surface area contributed by atoms with E-state index in [1.54, 1.807) is 0 Å². The predicted octanol–water partition coefficient (Wildman–Crippen LogP) is 5.40. The van der Waals surface area contributed by atoms with Crippen LogP contribution in [0.2, 0.25) is 0 Å². The summed E-state index contributed by atoms with van der Waals surface area (Å²) in [6.45, 7) is 4.22. The number of fused-ring (bicyclic) bond motifs is 1. The number of rotatable bonds is 5. The lowest BCUT2D eigenvalue weighted by Gasteiger charge is -2.11. The molecule has 130 valence electrons. The van der Waals surface area contributed by atoms with Gasteiger partial charge in [0.2, 0.25) is 0 Å². The van der Waals surface area contributed by atoms with E-state index in [1.807, 2.05) is 35.7 Å². The maximum Gasteiger partial charge on any atom is 0.165 e. The Labute approximate surface area is 153 Å². The van der Waals surface area contributed by atoms with Crippen molar-refractivity contribution in [2.45, 2.75) is 26.7 Å². The Bertz CT molecular complexity index is 1020. The molecule has 1 N–H and O–H groups in total. The number of benzene rings is 2. The average molecular weight is 342 g/mol. The van der Waals surface area contributed by atoms with Gasteiger partial charge in [0.25, 0.3) is 0 Å². The van der Waals surface area contributed by atoms with Crippen LogP contribution in [0.4, 0.5) is 11.5 Å². The summed E-state index contributed by atoms with van der Waals surface area (Å²) in [6.07, 6.45) is 2.00. The first-order valence-corrected chi connectivity index (χ1v) is 9.03. The molecule has 2 heterocycles. The lowest BCUT2D eigenvalue weighted by molar-refractivity contribution is 0.858. The quantitative estimate of drug-likeness (QED) is 0.528. The summed E-state index contributed by atoms with van der Waals surface area (Å²) in [7, 11) is 0. The zero-order valence-electron chi connectivity index (χ0n) is 15.1. The molecule has 4 aromatic rings. The van der Waals surface area contributed by atoms with Crippen molar-refractivity contribution in [1.82, 2.24) is 14.6 Å². The van der Waals surface area contributed by atoms with E-state index in [0.717, 1.165) is 52.5 Å². The lowest BCUT2D eigenvalue weighted by atomic mass is 10.1. The number of nitrogens with zero attached hydrogens (tertiary/aromatic N) is 3. The fourth-order valence-corrected chi connectivity index (χ4v) is 3.26. The number of aromatic nitrogens is 3. The third-order valence-corrected chi connectivity index (χ3v) is 4.43. The van der Waals surface area contributed by atoms with Gasteiger partial charge in [0.05, 0.1) is 5.69 Å². The van der Waals surface area contributed by atoms with Crippen LogP contribution in [0.5, 0.6) is 0 Å². The number of nitrogens with one attached hydrogen (secondary N) is 1. The molecule has 0 unspecified atom stereocenters. The Kier molecular flexibility index (Phi) is 4.40. The number of para-hydroxylation sites is 1. The van der Waals surface area contributed by atoms with Crippen molar-refractivity contribution in [3.8, 4) is 11.1 Å². The Morgan fingerprint density at radius 3 is 2.35 bits per heavy atom. The minimum absolute atomic E-state index is 0.901. The molecule has 4 rings (SSSR count). The molecule has 0 saturated heterocycles. The van der Waals surface area contributed by atoms with Crippen molar-refractivity contribution >= 4 is 17.2 Å². The van der Waals surface area contributed by atoms with Crippen LogP contribution in [-0.4, -0.2) is 14.6 Å². The summed E-state index contributed by atoms with van der Waals surface area (Å²) in [5.41, 5.74) is 6.24. The molecule has 0 fully saturated rings. The van der Waals surface area contributed by atoms with Crippen LogP contribution in [0.25, 0.3) is 16.8 Å². The van der Waals surface area contributed by atoms with E-state index in [-0.39, 0.29) is 0 Å². The molecule has 0 spiro atoms. The van der Waals surface area contributed by atoms with Crippen molar-refractivity contribution in [1.29, 1.82) is 0 Å². The topological polar surface area (TPSA) is 42.2 Å². The van der Waals surface area contributed by atoms with Gasteiger partial charge < -0.3 is 5.32 Å². The highest BCUT2D eigenvalue weighted by Crippen LogP contribution is 2.30. The standard InChI is InChI=1S/C22H22N4/c1-3-10-19-15-20(23-18-13-8-5-9-14-18)26-22(24-19)21(16(2)25-26)17-11-6-4-7-12-17/h4-9,11-15,23H,3,10H2,1-2H3. The lowest BCUT2D eigenvalue weighted by Crippen LogP contribution is -2.04. The number of anilines is 2. The Morgan fingerprint density at radius 2 is 1.65 bits per heavy atom. The molecule has 4 nitrogen and oxygen atoms in total. The second kappa shape index (κ2) is 7.00. The van der Waals surface area contributed by atoms with Crippen LogP contribution in [0.15, 0.2) is 66.7 Å². The van der Waals surface area contributed by atoms with Gasteiger partial charge in [-0.1, -0.05) is 61.9 Å². The number of hydrogen-bond acceptors (Lipinski definition) is 3. The normalized spacial score (nSPS) is 11.0. The summed E-state index contributed by atoms with van der Waals surface area (Å²) in [5.74, 6) is 0.940. The maximum atomic E-state index is 4.92. The van der Waals surface area contributed by atoms with E-state index in [2.05, 4.69) is 54.7 Å². The van der Waals surface area contributed by atoms with Gasteiger partial charge in [0.15, 0.2) is 5.65 Å². The van der Waals surface area contributed by atoms with Gasteiger partial charge in [-0.15, -0.1) is 0 Å². The third kappa shape index (κ3) is 3.06. The maximum absolute atomic E-state index is 4.92. The van der Waals surface area contributed by atoms with E-state index in [0.29, 0.717) is 0 Å². The van der Waals surface area contributed by atoms with E-state index < -0.39 is 0 Å². The highest BCUT2D eigenvalue weighted by atomic mass is 15.3. The zero-order chi connectivity index (χ0) is 17.9. The molecule has 4 heteroatoms. The first-order valence-electron chi connectivity index (χ1n) is 9.03. The highest BCUT2D eigenvalue weighted by molar-refractivity contribution is 5.81. The summed E-state index contributed by atoms with van der Waals surface area (Å²) >= 11 is 0. The summed E-state index contributed by atoms with van der Waals surface area (Å²) in [5, 5.41) is 8.28. The third-order valence-electron chi connectivity index (χ3n) is 4.43. The van der Waals surface area contributed by atoms with Gasteiger partial charge >= 0.3 is 0 Å². The molecule has 0 aliphatic heterocycles. The molecular weight excluding hydrogens is 320 g/mol. The van der Waals surface area contributed by atoms with Gasteiger partial charge in [-0.05, 0) is 31.0 Å². The Balaban J connectivity index is 1.91. The molecular formula is C22H22N4. The highest BCUT2D eigenvalue weighted by Gasteiger charge is 2.16. The van der Waals surface area contributed by atoms with E-state index in [4.69, 9.17) is 10.1 Å². The molecule has 0 radical (unpaired) electrons. The van der Waals surface area contributed by atoms with Crippen LogP contribution in [-0.2, 0) is 6.42 Å². The average Bonchev–Trinajstić information content (AvgIpc) is 3.00. The van der Waals surface area contributed by atoms with Crippen molar-refractivity contribution in [3.63, 3.8) is 0 Å². The largest absolute Gasteiger partial charge is 0.340 e. The van der Waals surface area contributed by atoms with Crippen molar-refractivity contribution in [3.05, 3.63) is 78.1 Å². The predicted molar refractivity (Wildman–Crippen MR) is 107 cm³/mol. The summed E-state index contributed by atoms with van der Waals surface area (Å²) in [6, 6.07) is 22.6. The van der Waals surface area contributed by atoms with Crippen molar-refractivity contribution in [2.75, 3.05) is 5.32 Å². The molecule has 0 aliphatic rings. The smallest absolute Gasteiger partial charge is 0.165 e. The van der Waals surface area contributed by atoms with Crippen LogP contribution >= 0.6 is 0 Å². The van der Waals surface area contributed by atoms with Crippen LogP contribution in [0.1, 0.15) is 24.7 Å². The second-order valence-corrected chi connectivity index (χ2v) is 6.44. The van der Waals surface area contributed by atoms with Gasteiger partial charge in [-0.3, -0.25) is 0 Å². The van der Waals surface area contributed by atoms with Crippen LogP contribution in [0, 0.1) is 6.92 Å². The minimum atomic E-state index is 0.901. The van der Waals surface area contributed by atoms with Gasteiger partial charge in [-0.25, -0.2) is 4.98 Å². The zero-order valence-corrected chi connectivity index (χ0v) is 15.1.